The second kappa shape index (κ2) is 2.32. The zero-order valence-corrected chi connectivity index (χ0v) is 9.00. The topological polar surface area (TPSA) is 57.5 Å². The molecule has 2 fully saturated rings. The fraction of sp³-hybridized carbons (Fsp3) is 0.909. The molecule has 0 saturated heterocycles. The van der Waals surface area contributed by atoms with Crippen LogP contribution in [0.3, 0.4) is 0 Å². The van der Waals surface area contributed by atoms with Crippen LogP contribution in [0.2, 0.25) is 0 Å². The number of rotatable bonds is 1. The molecule has 3 heteroatoms. The lowest BCUT2D eigenvalue weighted by Gasteiger charge is -2.38. The lowest BCUT2D eigenvalue weighted by molar-refractivity contribution is -0.154. The van der Waals surface area contributed by atoms with Crippen molar-refractivity contribution < 1.29 is 15.0 Å². The van der Waals surface area contributed by atoms with E-state index in [-0.39, 0.29) is 10.8 Å². The number of hydrogen-bond donors (Lipinski definition) is 2. The summed E-state index contributed by atoms with van der Waals surface area (Å²) >= 11 is 0. The number of carbonyl (C=O) groups is 1. The van der Waals surface area contributed by atoms with E-state index in [9.17, 15) is 15.0 Å². The monoisotopic (exact) mass is 198 g/mol. The van der Waals surface area contributed by atoms with Crippen LogP contribution in [0.4, 0.5) is 0 Å². The van der Waals surface area contributed by atoms with Crippen LogP contribution in [0, 0.1) is 16.2 Å². The predicted octanol–water partition coefficient (Wildman–Crippen LogP) is 1.65. The standard InChI is InChI=1S/C11H18O3/c1-9(2)10(3)4-5-11(9,8(13)14)6-7(10)12/h7,12H,4-6H2,1-3H3,(H,13,14)/t7-,10+,11-/m0/s1. The molecule has 0 radical (unpaired) electrons. The Balaban J connectivity index is 2.54. The van der Waals surface area contributed by atoms with E-state index in [0.717, 1.165) is 6.42 Å². The van der Waals surface area contributed by atoms with Crippen molar-refractivity contribution in [2.45, 2.75) is 46.1 Å². The number of fused-ring (bicyclic) bond motifs is 2. The van der Waals surface area contributed by atoms with Gasteiger partial charge in [0.15, 0.2) is 0 Å². The minimum atomic E-state index is -0.734. The Morgan fingerprint density at radius 3 is 2.07 bits per heavy atom. The minimum Gasteiger partial charge on any atom is -0.481 e. The highest BCUT2D eigenvalue weighted by molar-refractivity contribution is 5.77. The second-order valence-electron chi connectivity index (χ2n) is 5.65. The van der Waals surface area contributed by atoms with Gasteiger partial charge in [0.05, 0.1) is 11.5 Å². The minimum absolute atomic E-state index is 0.217. The smallest absolute Gasteiger partial charge is 0.310 e. The molecule has 0 heterocycles. The van der Waals surface area contributed by atoms with Crippen molar-refractivity contribution in [3.05, 3.63) is 0 Å². The number of aliphatic hydroxyl groups excluding tert-OH is 1. The number of carboxylic acid groups (broad SMARTS) is 1. The normalized spacial score (nSPS) is 49.6. The maximum atomic E-state index is 11.4. The summed E-state index contributed by atoms with van der Waals surface area (Å²) in [6.07, 6.45) is 1.50. The van der Waals surface area contributed by atoms with Gasteiger partial charge in [0.1, 0.15) is 0 Å². The first-order valence-electron chi connectivity index (χ1n) is 5.19. The molecule has 0 aromatic carbocycles. The molecule has 0 unspecified atom stereocenters. The molecule has 3 atom stereocenters. The Morgan fingerprint density at radius 1 is 1.29 bits per heavy atom. The number of aliphatic carboxylic acids is 1. The summed E-state index contributed by atoms with van der Waals surface area (Å²) < 4.78 is 0. The lowest BCUT2D eigenvalue weighted by atomic mass is 9.65. The quantitative estimate of drug-likeness (QED) is 0.673. The Morgan fingerprint density at radius 2 is 1.86 bits per heavy atom. The van der Waals surface area contributed by atoms with Crippen LogP contribution in [0.1, 0.15) is 40.0 Å². The summed E-state index contributed by atoms with van der Waals surface area (Å²) in [6, 6.07) is 0. The zero-order chi connectivity index (χ0) is 10.8. The molecule has 2 aliphatic rings. The van der Waals surface area contributed by atoms with Gasteiger partial charge in [-0.05, 0) is 30.1 Å². The van der Waals surface area contributed by atoms with Crippen LogP contribution < -0.4 is 0 Å². The van der Waals surface area contributed by atoms with E-state index in [1.165, 1.54) is 0 Å². The molecule has 0 amide bonds. The van der Waals surface area contributed by atoms with Gasteiger partial charge in [-0.15, -0.1) is 0 Å². The molecule has 2 bridgehead atoms. The summed E-state index contributed by atoms with van der Waals surface area (Å²) in [5, 5.41) is 19.3. The number of carboxylic acids is 1. The van der Waals surface area contributed by atoms with Gasteiger partial charge in [-0.2, -0.15) is 0 Å². The molecule has 0 aliphatic heterocycles. The highest BCUT2D eigenvalue weighted by Gasteiger charge is 2.72. The van der Waals surface area contributed by atoms with Gasteiger partial charge in [0, 0.05) is 0 Å². The zero-order valence-electron chi connectivity index (χ0n) is 9.00. The van der Waals surface area contributed by atoms with Gasteiger partial charge >= 0.3 is 5.97 Å². The van der Waals surface area contributed by atoms with Crippen molar-refractivity contribution in [3.8, 4) is 0 Å². The first kappa shape index (κ1) is 9.97. The molecule has 2 N–H and O–H groups in total. The predicted molar refractivity (Wildman–Crippen MR) is 51.8 cm³/mol. The Labute approximate surface area is 84.1 Å². The first-order valence-corrected chi connectivity index (χ1v) is 5.19. The third kappa shape index (κ3) is 0.724. The second-order valence-corrected chi connectivity index (χ2v) is 5.65. The van der Waals surface area contributed by atoms with E-state index in [0.29, 0.717) is 12.8 Å². The molecular weight excluding hydrogens is 180 g/mol. The fourth-order valence-corrected chi connectivity index (χ4v) is 3.60. The van der Waals surface area contributed by atoms with Crippen LogP contribution in [-0.4, -0.2) is 22.3 Å². The molecule has 2 aliphatic carbocycles. The SMILES string of the molecule is CC1(C)[C@@]2(C(=O)O)CC[C@]1(C)[C@@H](O)C2. The van der Waals surface area contributed by atoms with E-state index in [2.05, 4.69) is 0 Å². The highest BCUT2D eigenvalue weighted by Crippen LogP contribution is 2.72. The van der Waals surface area contributed by atoms with Gasteiger partial charge in [-0.1, -0.05) is 20.8 Å². The molecule has 2 saturated carbocycles. The molecule has 0 spiro atoms. The Bertz CT molecular complexity index is 297. The summed E-state index contributed by atoms with van der Waals surface area (Å²) in [5.41, 5.74) is -1.21. The van der Waals surface area contributed by atoms with Gasteiger partial charge in [-0.25, -0.2) is 0 Å². The van der Waals surface area contributed by atoms with Crippen LogP contribution in [0.5, 0.6) is 0 Å². The summed E-state index contributed by atoms with van der Waals surface area (Å²) in [6.45, 7) is 6.00. The summed E-state index contributed by atoms with van der Waals surface area (Å²) in [4.78, 5) is 11.4. The fourth-order valence-electron chi connectivity index (χ4n) is 3.60. The van der Waals surface area contributed by atoms with Crippen molar-refractivity contribution in [3.63, 3.8) is 0 Å². The first-order chi connectivity index (χ1) is 6.28. The third-order valence-corrected chi connectivity index (χ3v) is 5.38. The van der Waals surface area contributed by atoms with E-state index >= 15 is 0 Å². The maximum Gasteiger partial charge on any atom is 0.310 e. The van der Waals surface area contributed by atoms with Gasteiger partial charge < -0.3 is 10.2 Å². The molecule has 2 rings (SSSR count). The van der Waals surface area contributed by atoms with Gasteiger partial charge in [0.25, 0.3) is 0 Å². The van der Waals surface area contributed by atoms with Crippen molar-refractivity contribution >= 4 is 5.97 Å². The van der Waals surface area contributed by atoms with Crippen molar-refractivity contribution in [2.75, 3.05) is 0 Å². The molecule has 14 heavy (non-hydrogen) atoms. The largest absolute Gasteiger partial charge is 0.481 e. The summed E-state index contributed by atoms with van der Waals surface area (Å²) in [5.74, 6) is -0.734. The summed E-state index contributed by atoms with van der Waals surface area (Å²) in [7, 11) is 0. The van der Waals surface area contributed by atoms with Gasteiger partial charge in [-0.3, -0.25) is 4.79 Å². The number of hydrogen-bond acceptors (Lipinski definition) is 2. The maximum absolute atomic E-state index is 11.4. The molecule has 0 aromatic heterocycles. The van der Waals surface area contributed by atoms with Crippen LogP contribution >= 0.6 is 0 Å². The molecule has 0 aromatic rings. The van der Waals surface area contributed by atoms with Crippen LogP contribution in [0.25, 0.3) is 0 Å². The third-order valence-electron chi connectivity index (χ3n) is 5.38. The van der Waals surface area contributed by atoms with E-state index in [1.54, 1.807) is 0 Å². The molecular formula is C11H18O3. The average Bonchev–Trinajstić information content (AvgIpc) is 2.34. The lowest BCUT2D eigenvalue weighted by Crippen LogP contribution is -2.40. The molecule has 3 nitrogen and oxygen atoms in total. The van der Waals surface area contributed by atoms with Gasteiger partial charge in [0.2, 0.25) is 0 Å². The van der Waals surface area contributed by atoms with E-state index < -0.39 is 17.5 Å². The van der Waals surface area contributed by atoms with Crippen molar-refractivity contribution in [2.24, 2.45) is 16.2 Å². The van der Waals surface area contributed by atoms with Crippen LogP contribution in [-0.2, 0) is 4.79 Å². The van der Waals surface area contributed by atoms with Crippen molar-refractivity contribution in [1.82, 2.24) is 0 Å². The highest BCUT2D eigenvalue weighted by atomic mass is 16.4. The Kier molecular flexibility index (Phi) is 1.65. The van der Waals surface area contributed by atoms with Crippen molar-refractivity contribution in [1.29, 1.82) is 0 Å². The van der Waals surface area contributed by atoms with Crippen LogP contribution in [0.15, 0.2) is 0 Å². The molecule has 80 valence electrons. The average molecular weight is 198 g/mol. The van der Waals surface area contributed by atoms with E-state index in [4.69, 9.17) is 0 Å². The Hall–Kier alpha value is -0.570. The number of aliphatic hydroxyl groups is 1. The van der Waals surface area contributed by atoms with E-state index in [1.807, 2.05) is 20.8 Å².